The molecule has 3 rings (SSSR count). The van der Waals surface area contributed by atoms with Gasteiger partial charge in [-0.3, -0.25) is 4.79 Å². The third kappa shape index (κ3) is 5.61. The van der Waals surface area contributed by atoms with Gasteiger partial charge >= 0.3 is 12.4 Å². The predicted molar refractivity (Wildman–Crippen MR) is 97.5 cm³/mol. The summed E-state index contributed by atoms with van der Waals surface area (Å²) in [6.45, 7) is 1.37. The van der Waals surface area contributed by atoms with E-state index in [1.807, 2.05) is 0 Å². The number of alkyl halides is 6. The van der Waals surface area contributed by atoms with E-state index < -0.39 is 29.9 Å². The monoisotopic (exact) mass is 447 g/mol. The number of piperidine rings is 1. The molecule has 1 aromatic carbocycles. The molecule has 1 aliphatic rings. The molecule has 0 N–H and O–H groups in total. The molecule has 0 saturated carbocycles. The number of carbonyl (C=O) groups excluding carboxylic acids is 1. The molecule has 1 atom stereocenters. The van der Waals surface area contributed by atoms with Crippen molar-refractivity contribution in [1.82, 2.24) is 25.1 Å². The summed E-state index contributed by atoms with van der Waals surface area (Å²) in [5.41, 5.74) is -0.532. The molecule has 1 aromatic heterocycles. The minimum absolute atomic E-state index is 0.0324. The lowest BCUT2D eigenvalue weighted by atomic mass is 10.0. The summed E-state index contributed by atoms with van der Waals surface area (Å²) in [5.74, 6) is -0.523. The van der Waals surface area contributed by atoms with E-state index in [9.17, 15) is 31.1 Å². The zero-order valence-electron chi connectivity index (χ0n) is 16.4. The van der Waals surface area contributed by atoms with Gasteiger partial charge < -0.3 is 4.90 Å². The maximum absolute atomic E-state index is 13.2. The van der Waals surface area contributed by atoms with Crippen molar-refractivity contribution >= 4 is 12.0 Å². The second-order valence-electron chi connectivity index (χ2n) is 7.20. The van der Waals surface area contributed by atoms with Crippen LogP contribution in [0.1, 0.15) is 41.8 Å². The molecule has 0 aliphatic carbocycles. The maximum Gasteiger partial charge on any atom is 0.416 e. The number of benzene rings is 1. The van der Waals surface area contributed by atoms with E-state index in [1.54, 1.807) is 6.92 Å². The van der Waals surface area contributed by atoms with E-state index in [4.69, 9.17) is 0 Å². The molecule has 6 nitrogen and oxygen atoms in total. The first-order valence-corrected chi connectivity index (χ1v) is 9.45. The molecule has 1 amide bonds. The molecule has 1 unspecified atom stereocenters. The summed E-state index contributed by atoms with van der Waals surface area (Å²) in [7, 11) is 0. The van der Waals surface area contributed by atoms with Crippen LogP contribution in [0.5, 0.6) is 0 Å². The third-order valence-electron chi connectivity index (χ3n) is 4.90. The van der Waals surface area contributed by atoms with Gasteiger partial charge in [0.05, 0.1) is 12.1 Å². The molecule has 168 valence electrons. The van der Waals surface area contributed by atoms with Gasteiger partial charge in [-0.05, 0) is 60.7 Å². The summed E-state index contributed by atoms with van der Waals surface area (Å²) in [5, 5.41) is 11.3. The molecule has 31 heavy (non-hydrogen) atoms. The molecule has 0 bridgehead atoms. The Morgan fingerprint density at radius 1 is 1.19 bits per heavy atom. The molecule has 1 aliphatic heterocycles. The maximum atomic E-state index is 13.2. The number of aryl methyl sites for hydroxylation is 1. The lowest BCUT2D eigenvalue weighted by Crippen LogP contribution is -2.50. The number of rotatable bonds is 4. The first-order valence-electron chi connectivity index (χ1n) is 9.45. The first kappa shape index (κ1) is 22.8. The van der Waals surface area contributed by atoms with E-state index >= 15 is 0 Å². The highest BCUT2D eigenvalue weighted by Gasteiger charge is 2.45. The van der Waals surface area contributed by atoms with Crippen LogP contribution in [0.25, 0.3) is 6.08 Å². The highest BCUT2D eigenvalue weighted by atomic mass is 19.4. The van der Waals surface area contributed by atoms with Gasteiger partial charge in [0.15, 0.2) is 5.82 Å². The number of amides is 1. The van der Waals surface area contributed by atoms with Crippen molar-refractivity contribution in [2.45, 2.75) is 51.1 Å². The normalized spacial score (nSPS) is 18.0. The number of nitrogens with zero attached hydrogens (tertiary/aromatic N) is 5. The minimum atomic E-state index is -4.59. The summed E-state index contributed by atoms with van der Waals surface area (Å²) in [4.78, 5) is 14.3. The largest absolute Gasteiger partial charge is 0.416 e. The Labute approximate surface area is 173 Å². The Morgan fingerprint density at radius 3 is 2.55 bits per heavy atom. The summed E-state index contributed by atoms with van der Waals surface area (Å²) >= 11 is 0. The summed E-state index contributed by atoms with van der Waals surface area (Å²) < 4.78 is 79.1. The van der Waals surface area contributed by atoms with Crippen LogP contribution in [0.3, 0.4) is 0 Å². The van der Waals surface area contributed by atoms with Crippen LogP contribution < -0.4 is 0 Å². The number of hydrogen-bond donors (Lipinski definition) is 0. The van der Waals surface area contributed by atoms with Crippen molar-refractivity contribution in [1.29, 1.82) is 0 Å². The molecule has 1 fully saturated rings. The fraction of sp³-hybridized carbons (Fsp3) is 0.474. The molecular formula is C19H19F6N5O. The number of tetrazole rings is 1. The molecule has 2 heterocycles. The van der Waals surface area contributed by atoms with Crippen molar-refractivity contribution in [2.24, 2.45) is 0 Å². The van der Waals surface area contributed by atoms with Gasteiger partial charge in [0.1, 0.15) is 6.04 Å². The number of aromatic nitrogens is 4. The fourth-order valence-corrected chi connectivity index (χ4v) is 3.42. The number of halogens is 6. The molecular weight excluding hydrogens is 428 g/mol. The Hall–Kier alpha value is -2.92. The van der Waals surface area contributed by atoms with E-state index in [-0.39, 0.29) is 30.6 Å². The minimum Gasteiger partial charge on any atom is -0.327 e. The highest BCUT2D eigenvalue weighted by molar-refractivity contribution is 5.92. The third-order valence-corrected chi connectivity index (χ3v) is 4.90. The van der Waals surface area contributed by atoms with Crippen LogP contribution >= 0.6 is 0 Å². The van der Waals surface area contributed by atoms with E-state index in [0.29, 0.717) is 18.7 Å². The van der Waals surface area contributed by atoms with Crippen molar-refractivity contribution in [2.75, 3.05) is 6.54 Å². The smallest absolute Gasteiger partial charge is 0.327 e. The van der Waals surface area contributed by atoms with Crippen LogP contribution in [-0.2, 0) is 17.5 Å². The van der Waals surface area contributed by atoms with Crippen LogP contribution in [0, 0.1) is 6.92 Å². The van der Waals surface area contributed by atoms with Crippen LogP contribution in [-0.4, -0.2) is 49.8 Å². The van der Waals surface area contributed by atoms with Crippen LogP contribution in [0.2, 0.25) is 0 Å². The number of likely N-dealkylation sites (tertiary alicyclic amines) is 1. The molecule has 1 saturated heterocycles. The predicted octanol–water partition coefficient (Wildman–Crippen LogP) is 4.01. The van der Waals surface area contributed by atoms with E-state index in [1.165, 1.54) is 6.08 Å². The molecule has 0 spiro atoms. The van der Waals surface area contributed by atoms with E-state index in [2.05, 4.69) is 15.4 Å². The van der Waals surface area contributed by atoms with Crippen LogP contribution in [0.4, 0.5) is 26.3 Å². The lowest BCUT2D eigenvalue weighted by Gasteiger charge is -2.36. The number of carbonyl (C=O) groups is 1. The van der Waals surface area contributed by atoms with Crippen molar-refractivity contribution in [3.8, 4) is 0 Å². The summed E-state index contributed by atoms with van der Waals surface area (Å²) in [6, 6.07) is 1.02. The SMILES string of the molecule is Cc1nnn(Cc2cc(C(F)(F)F)ccc2/C=C/C(=O)N2CCCCC2C(F)(F)F)n1. The van der Waals surface area contributed by atoms with Crippen molar-refractivity contribution in [3.63, 3.8) is 0 Å². The quantitative estimate of drug-likeness (QED) is 0.525. The van der Waals surface area contributed by atoms with Crippen molar-refractivity contribution < 1.29 is 31.1 Å². The molecule has 2 aromatic rings. The second kappa shape index (κ2) is 8.67. The van der Waals surface area contributed by atoms with Crippen molar-refractivity contribution in [3.05, 3.63) is 46.8 Å². The topological polar surface area (TPSA) is 63.9 Å². The standard InChI is InChI=1S/C19H19F6N5O/c1-12-26-28-30(27-12)11-14-10-15(18(20,21)22)7-5-13(14)6-8-17(31)29-9-3-2-4-16(29)19(23,24)25/h5-8,10,16H,2-4,9,11H2,1H3/b8-6+. The average Bonchev–Trinajstić information content (AvgIpc) is 3.10. The fourth-order valence-electron chi connectivity index (χ4n) is 3.42. The highest BCUT2D eigenvalue weighted by Crippen LogP contribution is 2.33. The Bertz CT molecular complexity index is 965. The zero-order valence-corrected chi connectivity index (χ0v) is 16.4. The molecule has 0 radical (unpaired) electrons. The van der Waals surface area contributed by atoms with Gasteiger partial charge in [0.25, 0.3) is 0 Å². The Kier molecular flexibility index (Phi) is 6.37. The summed E-state index contributed by atoms with van der Waals surface area (Å²) in [6.07, 6.45) is -6.32. The zero-order chi connectivity index (χ0) is 22.8. The van der Waals surface area contributed by atoms with Gasteiger partial charge in [-0.25, -0.2) is 0 Å². The lowest BCUT2D eigenvalue weighted by molar-refractivity contribution is -0.193. The van der Waals surface area contributed by atoms with Gasteiger partial charge in [0, 0.05) is 12.6 Å². The number of hydrogen-bond acceptors (Lipinski definition) is 4. The van der Waals surface area contributed by atoms with Gasteiger partial charge in [-0.2, -0.15) is 31.1 Å². The van der Waals surface area contributed by atoms with Crippen LogP contribution in [0.15, 0.2) is 24.3 Å². The Morgan fingerprint density at radius 2 is 1.94 bits per heavy atom. The Balaban J connectivity index is 1.88. The van der Waals surface area contributed by atoms with E-state index in [0.717, 1.165) is 34.0 Å². The van der Waals surface area contributed by atoms with Gasteiger partial charge in [-0.1, -0.05) is 6.07 Å². The molecule has 12 heteroatoms. The van der Waals surface area contributed by atoms with Gasteiger partial charge in [0.2, 0.25) is 5.91 Å². The first-order chi connectivity index (χ1) is 14.4. The van der Waals surface area contributed by atoms with Gasteiger partial charge in [-0.15, -0.1) is 10.2 Å². The average molecular weight is 447 g/mol. The second-order valence-corrected chi connectivity index (χ2v) is 7.20.